The molecule has 5 heteroatoms. The van der Waals surface area contributed by atoms with Crippen LogP contribution in [0.4, 0.5) is 0 Å². The summed E-state index contributed by atoms with van der Waals surface area (Å²) in [7, 11) is 0. The second kappa shape index (κ2) is 6.28. The average Bonchev–Trinajstić information content (AvgIpc) is 2.18. The predicted molar refractivity (Wildman–Crippen MR) is 50.2 cm³/mol. The van der Waals surface area contributed by atoms with Crippen LogP contribution in [0, 0.1) is 6.92 Å². The number of nitrogens with zero attached hydrogens (tertiary/aromatic N) is 2. The van der Waals surface area contributed by atoms with Crippen LogP contribution in [0.2, 0.25) is 0 Å². The van der Waals surface area contributed by atoms with E-state index in [1.54, 1.807) is 6.07 Å². The zero-order valence-corrected chi connectivity index (χ0v) is 8.14. The van der Waals surface area contributed by atoms with E-state index in [0.717, 1.165) is 5.69 Å². The van der Waals surface area contributed by atoms with Gasteiger partial charge in [0.15, 0.2) is 0 Å². The summed E-state index contributed by atoms with van der Waals surface area (Å²) in [6.45, 7) is 3.12. The Labute approximate surface area is 82.7 Å². The van der Waals surface area contributed by atoms with Crippen molar-refractivity contribution in [2.75, 3.05) is 26.4 Å². The van der Waals surface area contributed by atoms with Crippen LogP contribution in [0.5, 0.6) is 5.88 Å². The van der Waals surface area contributed by atoms with Gasteiger partial charge in [-0.2, -0.15) is 0 Å². The molecule has 1 aromatic heterocycles. The first-order valence-corrected chi connectivity index (χ1v) is 4.43. The van der Waals surface area contributed by atoms with Crippen molar-refractivity contribution < 1.29 is 14.6 Å². The normalized spacial score (nSPS) is 10.1. The lowest BCUT2D eigenvalue weighted by atomic mass is 10.4. The Morgan fingerprint density at radius 1 is 1.29 bits per heavy atom. The van der Waals surface area contributed by atoms with E-state index < -0.39 is 0 Å². The molecule has 78 valence electrons. The fourth-order valence-electron chi connectivity index (χ4n) is 0.881. The highest BCUT2D eigenvalue weighted by atomic mass is 16.5. The molecule has 0 amide bonds. The molecule has 0 atom stereocenters. The third-order valence-corrected chi connectivity index (χ3v) is 1.49. The van der Waals surface area contributed by atoms with E-state index >= 15 is 0 Å². The number of rotatable bonds is 6. The topological polar surface area (TPSA) is 64.5 Å². The van der Waals surface area contributed by atoms with Gasteiger partial charge in [0.25, 0.3) is 0 Å². The van der Waals surface area contributed by atoms with E-state index in [1.165, 1.54) is 6.33 Å². The van der Waals surface area contributed by atoms with Gasteiger partial charge in [0.2, 0.25) is 5.88 Å². The number of aryl methyl sites for hydroxylation is 1. The first kappa shape index (κ1) is 10.9. The summed E-state index contributed by atoms with van der Waals surface area (Å²) in [6.07, 6.45) is 1.46. The minimum Gasteiger partial charge on any atom is -0.475 e. The third kappa shape index (κ3) is 4.15. The third-order valence-electron chi connectivity index (χ3n) is 1.49. The maximum atomic E-state index is 8.43. The quantitative estimate of drug-likeness (QED) is 0.660. The van der Waals surface area contributed by atoms with Crippen LogP contribution in [-0.2, 0) is 4.74 Å². The van der Waals surface area contributed by atoms with Crippen LogP contribution in [-0.4, -0.2) is 41.5 Å². The minimum atomic E-state index is 0.0343. The Kier molecular flexibility index (Phi) is 4.88. The van der Waals surface area contributed by atoms with Crippen molar-refractivity contribution in [1.29, 1.82) is 0 Å². The van der Waals surface area contributed by atoms with E-state index in [2.05, 4.69) is 9.97 Å². The summed E-state index contributed by atoms with van der Waals surface area (Å²) in [6, 6.07) is 1.76. The number of aliphatic hydroxyl groups excluding tert-OH is 1. The van der Waals surface area contributed by atoms with Crippen LogP contribution < -0.4 is 4.74 Å². The van der Waals surface area contributed by atoms with Crippen LogP contribution in [0.25, 0.3) is 0 Å². The molecule has 0 aliphatic rings. The van der Waals surface area contributed by atoms with Crippen LogP contribution in [0.3, 0.4) is 0 Å². The van der Waals surface area contributed by atoms with Crippen LogP contribution in [0.15, 0.2) is 12.4 Å². The zero-order chi connectivity index (χ0) is 10.2. The first-order valence-electron chi connectivity index (χ1n) is 4.43. The van der Waals surface area contributed by atoms with Gasteiger partial charge in [-0.05, 0) is 6.92 Å². The molecule has 1 N–H and O–H groups in total. The number of hydrogen-bond acceptors (Lipinski definition) is 5. The molecule has 1 aromatic rings. The molecular weight excluding hydrogens is 184 g/mol. The lowest BCUT2D eigenvalue weighted by molar-refractivity contribution is 0.0694. The highest BCUT2D eigenvalue weighted by Crippen LogP contribution is 2.04. The fourth-order valence-corrected chi connectivity index (χ4v) is 0.881. The van der Waals surface area contributed by atoms with E-state index in [1.807, 2.05) is 6.92 Å². The second-order valence-electron chi connectivity index (χ2n) is 2.68. The first-order chi connectivity index (χ1) is 6.83. The van der Waals surface area contributed by atoms with Gasteiger partial charge in [0, 0.05) is 11.8 Å². The molecule has 0 radical (unpaired) electrons. The lowest BCUT2D eigenvalue weighted by Crippen LogP contribution is -2.09. The van der Waals surface area contributed by atoms with Gasteiger partial charge in [-0.15, -0.1) is 0 Å². The Morgan fingerprint density at radius 3 is 2.86 bits per heavy atom. The standard InChI is InChI=1S/C9H14N2O3/c1-8-6-9(11-7-10-8)14-5-4-13-3-2-12/h6-7,12H,2-5H2,1H3. The highest BCUT2D eigenvalue weighted by Gasteiger charge is 1.95. The van der Waals surface area contributed by atoms with Gasteiger partial charge in [-0.25, -0.2) is 9.97 Å². The molecule has 14 heavy (non-hydrogen) atoms. The van der Waals surface area contributed by atoms with Gasteiger partial charge in [-0.1, -0.05) is 0 Å². The van der Waals surface area contributed by atoms with Crippen molar-refractivity contribution in [1.82, 2.24) is 9.97 Å². The van der Waals surface area contributed by atoms with Gasteiger partial charge in [0.1, 0.15) is 12.9 Å². The van der Waals surface area contributed by atoms with Crippen LogP contribution >= 0.6 is 0 Å². The van der Waals surface area contributed by atoms with Crippen molar-refractivity contribution in [2.24, 2.45) is 0 Å². The molecule has 0 unspecified atom stereocenters. The molecular formula is C9H14N2O3. The summed E-state index contributed by atoms with van der Waals surface area (Å²) >= 11 is 0. The Hall–Kier alpha value is -1.20. The summed E-state index contributed by atoms with van der Waals surface area (Å²) in [5.41, 5.74) is 0.867. The van der Waals surface area contributed by atoms with Crippen molar-refractivity contribution in [3.63, 3.8) is 0 Å². The number of ether oxygens (including phenoxy) is 2. The van der Waals surface area contributed by atoms with Crippen molar-refractivity contribution in [3.05, 3.63) is 18.1 Å². The van der Waals surface area contributed by atoms with Gasteiger partial charge in [-0.3, -0.25) is 0 Å². The molecule has 5 nitrogen and oxygen atoms in total. The molecule has 0 saturated carbocycles. The average molecular weight is 198 g/mol. The SMILES string of the molecule is Cc1cc(OCCOCCO)ncn1. The summed E-state index contributed by atoms with van der Waals surface area (Å²) < 4.78 is 10.3. The Bertz CT molecular complexity index is 268. The fraction of sp³-hybridized carbons (Fsp3) is 0.556. The zero-order valence-electron chi connectivity index (χ0n) is 8.14. The monoisotopic (exact) mass is 198 g/mol. The highest BCUT2D eigenvalue weighted by molar-refractivity contribution is 5.11. The summed E-state index contributed by atoms with van der Waals surface area (Å²) in [5, 5.41) is 8.43. The maximum Gasteiger partial charge on any atom is 0.216 e. The van der Waals surface area contributed by atoms with Crippen LogP contribution in [0.1, 0.15) is 5.69 Å². The Morgan fingerprint density at radius 2 is 2.14 bits per heavy atom. The van der Waals surface area contributed by atoms with E-state index in [0.29, 0.717) is 25.7 Å². The van der Waals surface area contributed by atoms with E-state index in [4.69, 9.17) is 14.6 Å². The molecule has 1 heterocycles. The van der Waals surface area contributed by atoms with Crippen molar-refractivity contribution >= 4 is 0 Å². The largest absolute Gasteiger partial charge is 0.475 e. The number of aromatic nitrogens is 2. The number of hydrogen-bond donors (Lipinski definition) is 1. The summed E-state index contributed by atoms with van der Waals surface area (Å²) in [4.78, 5) is 7.86. The second-order valence-corrected chi connectivity index (χ2v) is 2.68. The van der Waals surface area contributed by atoms with E-state index in [-0.39, 0.29) is 6.61 Å². The predicted octanol–water partition coefficient (Wildman–Crippen LogP) is 0.173. The summed E-state index contributed by atoms with van der Waals surface area (Å²) in [5.74, 6) is 0.546. The molecule has 0 spiro atoms. The number of aliphatic hydroxyl groups is 1. The lowest BCUT2D eigenvalue weighted by Gasteiger charge is -2.05. The molecule has 0 aliphatic heterocycles. The molecule has 0 bridgehead atoms. The Balaban J connectivity index is 2.18. The molecule has 0 aromatic carbocycles. The molecule has 1 rings (SSSR count). The van der Waals surface area contributed by atoms with Crippen molar-refractivity contribution in [3.8, 4) is 5.88 Å². The van der Waals surface area contributed by atoms with E-state index in [9.17, 15) is 0 Å². The molecule has 0 fully saturated rings. The van der Waals surface area contributed by atoms with Crippen molar-refractivity contribution in [2.45, 2.75) is 6.92 Å². The minimum absolute atomic E-state index is 0.0343. The molecule has 0 saturated heterocycles. The maximum absolute atomic E-state index is 8.43. The van der Waals surface area contributed by atoms with Gasteiger partial charge >= 0.3 is 0 Å². The van der Waals surface area contributed by atoms with Gasteiger partial charge in [0.05, 0.1) is 19.8 Å². The molecule has 0 aliphatic carbocycles. The van der Waals surface area contributed by atoms with Gasteiger partial charge < -0.3 is 14.6 Å². The smallest absolute Gasteiger partial charge is 0.216 e.